The second kappa shape index (κ2) is 9.77. The molecule has 4 rings (SSSR count). The van der Waals surface area contributed by atoms with Crippen molar-refractivity contribution in [3.63, 3.8) is 0 Å². The SMILES string of the molecule is CCCNC(=O)n1nc(-c2cc(NC(=O)c3ccccc3OC)ccc2O)cc1C1CCC1. The molecule has 0 unspecified atom stereocenters. The van der Waals surface area contributed by atoms with Gasteiger partial charge >= 0.3 is 6.03 Å². The molecule has 0 bridgehead atoms. The molecule has 0 spiro atoms. The van der Waals surface area contributed by atoms with Gasteiger partial charge in [-0.2, -0.15) is 9.78 Å². The van der Waals surface area contributed by atoms with Gasteiger partial charge in [-0.05, 0) is 55.7 Å². The first-order chi connectivity index (χ1) is 16.0. The van der Waals surface area contributed by atoms with Crippen LogP contribution in [0.3, 0.4) is 0 Å². The molecule has 0 saturated heterocycles. The standard InChI is InChI=1S/C25H28N4O4/c1-3-13-26-25(32)29-21(16-7-6-8-16)15-20(28-29)19-14-17(11-12-22(19)30)27-24(31)18-9-4-5-10-23(18)33-2/h4-5,9-12,14-16,30H,3,6-8,13H2,1-2H3,(H,26,32)(H,27,31). The van der Waals surface area contributed by atoms with Crippen LogP contribution in [0, 0.1) is 0 Å². The van der Waals surface area contributed by atoms with E-state index in [2.05, 4.69) is 15.7 Å². The highest BCUT2D eigenvalue weighted by Gasteiger charge is 2.27. The lowest BCUT2D eigenvalue weighted by atomic mass is 9.82. The van der Waals surface area contributed by atoms with Gasteiger partial charge < -0.3 is 20.5 Å². The molecule has 3 aromatic rings. The summed E-state index contributed by atoms with van der Waals surface area (Å²) in [6.45, 7) is 2.55. The van der Waals surface area contributed by atoms with Crippen molar-refractivity contribution in [1.82, 2.24) is 15.1 Å². The van der Waals surface area contributed by atoms with E-state index >= 15 is 0 Å². The number of aromatic nitrogens is 2. The summed E-state index contributed by atoms with van der Waals surface area (Å²) >= 11 is 0. The van der Waals surface area contributed by atoms with Crippen molar-refractivity contribution in [3.8, 4) is 22.8 Å². The number of nitrogens with zero attached hydrogens (tertiary/aromatic N) is 2. The molecule has 0 atom stereocenters. The summed E-state index contributed by atoms with van der Waals surface area (Å²) in [5.74, 6) is 0.429. The number of ether oxygens (including phenoxy) is 1. The number of hydrogen-bond acceptors (Lipinski definition) is 5. The van der Waals surface area contributed by atoms with E-state index in [4.69, 9.17) is 4.74 Å². The molecule has 1 aliphatic rings. The number of phenolic OH excluding ortho intramolecular Hbond substituents is 1. The lowest BCUT2D eigenvalue weighted by Crippen LogP contribution is -2.32. The molecule has 33 heavy (non-hydrogen) atoms. The Hall–Kier alpha value is -3.81. The summed E-state index contributed by atoms with van der Waals surface area (Å²) in [5.41, 5.74) is 2.66. The van der Waals surface area contributed by atoms with E-state index in [0.29, 0.717) is 34.8 Å². The predicted molar refractivity (Wildman–Crippen MR) is 126 cm³/mol. The van der Waals surface area contributed by atoms with Crippen molar-refractivity contribution in [1.29, 1.82) is 0 Å². The first-order valence-electron chi connectivity index (χ1n) is 11.2. The van der Waals surface area contributed by atoms with Crippen LogP contribution in [0.4, 0.5) is 10.5 Å². The minimum atomic E-state index is -0.330. The Morgan fingerprint density at radius 2 is 1.97 bits per heavy atom. The van der Waals surface area contributed by atoms with Crippen LogP contribution in [0.2, 0.25) is 0 Å². The van der Waals surface area contributed by atoms with Gasteiger partial charge in [-0.15, -0.1) is 0 Å². The van der Waals surface area contributed by atoms with Crippen LogP contribution in [0.15, 0.2) is 48.5 Å². The van der Waals surface area contributed by atoms with Gasteiger partial charge in [0.1, 0.15) is 11.5 Å². The number of aromatic hydroxyl groups is 1. The zero-order valence-corrected chi connectivity index (χ0v) is 18.8. The fourth-order valence-electron chi connectivity index (χ4n) is 3.84. The van der Waals surface area contributed by atoms with Gasteiger partial charge in [0.05, 0.1) is 24.1 Å². The summed E-state index contributed by atoms with van der Waals surface area (Å²) in [6.07, 6.45) is 3.96. The Labute approximate surface area is 192 Å². The Balaban J connectivity index is 1.64. The second-order valence-electron chi connectivity index (χ2n) is 8.11. The van der Waals surface area contributed by atoms with Gasteiger partial charge in [0.2, 0.25) is 0 Å². The van der Waals surface area contributed by atoms with Gasteiger partial charge in [-0.3, -0.25) is 4.79 Å². The molecule has 0 aliphatic heterocycles. The summed E-state index contributed by atoms with van der Waals surface area (Å²) in [4.78, 5) is 25.5. The second-order valence-corrected chi connectivity index (χ2v) is 8.11. The Bertz CT molecular complexity index is 1170. The van der Waals surface area contributed by atoms with Crippen LogP contribution in [0.1, 0.15) is 54.6 Å². The zero-order valence-electron chi connectivity index (χ0n) is 18.8. The van der Waals surface area contributed by atoms with Crippen molar-refractivity contribution in [3.05, 3.63) is 59.8 Å². The highest BCUT2D eigenvalue weighted by molar-refractivity contribution is 6.06. The van der Waals surface area contributed by atoms with Gasteiger partial charge in [0.25, 0.3) is 5.91 Å². The van der Waals surface area contributed by atoms with Crippen LogP contribution in [0.5, 0.6) is 11.5 Å². The van der Waals surface area contributed by atoms with Crippen LogP contribution >= 0.6 is 0 Å². The molecule has 0 radical (unpaired) electrons. The molecule has 172 valence electrons. The lowest BCUT2D eigenvalue weighted by Gasteiger charge is -2.25. The number of benzene rings is 2. The van der Waals surface area contributed by atoms with Crippen molar-refractivity contribution < 1.29 is 19.4 Å². The number of amides is 2. The maximum Gasteiger partial charge on any atom is 0.342 e. The molecular formula is C25H28N4O4. The molecule has 1 saturated carbocycles. The summed E-state index contributed by atoms with van der Waals surface area (Å²) in [5, 5.41) is 20.8. The van der Waals surface area contributed by atoms with Gasteiger partial charge in [0.15, 0.2) is 0 Å². The number of rotatable bonds is 7. The van der Waals surface area contributed by atoms with Crippen molar-refractivity contribution in [2.24, 2.45) is 0 Å². The third-order valence-corrected chi connectivity index (χ3v) is 5.86. The smallest absolute Gasteiger partial charge is 0.342 e. The topological polar surface area (TPSA) is 105 Å². The largest absolute Gasteiger partial charge is 0.507 e. The highest BCUT2D eigenvalue weighted by atomic mass is 16.5. The lowest BCUT2D eigenvalue weighted by molar-refractivity contribution is 0.102. The Morgan fingerprint density at radius 3 is 2.67 bits per heavy atom. The van der Waals surface area contributed by atoms with Crippen molar-refractivity contribution in [2.75, 3.05) is 19.0 Å². The molecule has 2 amide bonds. The number of anilines is 1. The van der Waals surface area contributed by atoms with Crippen LogP contribution < -0.4 is 15.4 Å². The summed E-state index contributed by atoms with van der Waals surface area (Å²) in [7, 11) is 1.51. The van der Waals surface area contributed by atoms with E-state index in [1.165, 1.54) is 17.9 Å². The normalized spacial score (nSPS) is 13.3. The molecule has 2 aromatic carbocycles. The number of phenols is 1. The number of carbonyl (C=O) groups is 2. The van der Waals surface area contributed by atoms with Gasteiger partial charge in [-0.25, -0.2) is 4.79 Å². The van der Waals surface area contributed by atoms with E-state index in [1.807, 2.05) is 13.0 Å². The number of hydrogen-bond donors (Lipinski definition) is 3. The Morgan fingerprint density at radius 1 is 1.18 bits per heavy atom. The van der Waals surface area contributed by atoms with Crippen LogP contribution in [0.25, 0.3) is 11.3 Å². The fourth-order valence-corrected chi connectivity index (χ4v) is 3.84. The molecule has 8 heteroatoms. The maximum atomic E-state index is 12.8. The zero-order chi connectivity index (χ0) is 23.4. The van der Waals surface area contributed by atoms with Crippen LogP contribution in [-0.2, 0) is 0 Å². The highest BCUT2D eigenvalue weighted by Crippen LogP contribution is 2.39. The van der Waals surface area contributed by atoms with E-state index in [1.54, 1.807) is 36.4 Å². The maximum absolute atomic E-state index is 12.8. The van der Waals surface area contributed by atoms with Gasteiger partial charge in [0, 0.05) is 23.7 Å². The minimum Gasteiger partial charge on any atom is -0.507 e. The number of methoxy groups -OCH3 is 1. The Kier molecular flexibility index (Phi) is 6.63. The first-order valence-corrected chi connectivity index (χ1v) is 11.2. The number of para-hydroxylation sites is 1. The first kappa shape index (κ1) is 22.4. The molecule has 1 aliphatic carbocycles. The van der Waals surface area contributed by atoms with E-state index < -0.39 is 0 Å². The van der Waals surface area contributed by atoms with E-state index in [-0.39, 0.29) is 23.6 Å². The molecular weight excluding hydrogens is 420 g/mol. The van der Waals surface area contributed by atoms with Gasteiger partial charge in [-0.1, -0.05) is 25.5 Å². The third kappa shape index (κ3) is 4.69. The van der Waals surface area contributed by atoms with Crippen LogP contribution in [-0.4, -0.2) is 40.5 Å². The van der Waals surface area contributed by atoms with Crippen molar-refractivity contribution in [2.45, 2.75) is 38.5 Å². The third-order valence-electron chi connectivity index (χ3n) is 5.86. The fraction of sp³-hybridized carbons (Fsp3) is 0.320. The average molecular weight is 449 g/mol. The van der Waals surface area contributed by atoms with E-state index in [0.717, 1.165) is 31.4 Å². The molecule has 1 fully saturated rings. The molecule has 1 heterocycles. The summed E-state index contributed by atoms with van der Waals surface area (Å²) < 4.78 is 6.68. The predicted octanol–water partition coefficient (Wildman–Crippen LogP) is 4.75. The number of nitrogens with one attached hydrogen (secondary N) is 2. The minimum absolute atomic E-state index is 0.0177. The molecule has 8 nitrogen and oxygen atoms in total. The van der Waals surface area contributed by atoms with E-state index in [9.17, 15) is 14.7 Å². The number of carbonyl (C=O) groups excluding carboxylic acids is 2. The monoisotopic (exact) mass is 448 g/mol. The molecule has 3 N–H and O–H groups in total. The molecule has 1 aromatic heterocycles. The van der Waals surface area contributed by atoms with Crippen molar-refractivity contribution >= 4 is 17.6 Å². The average Bonchev–Trinajstić information content (AvgIpc) is 3.21. The summed E-state index contributed by atoms with van der Waals surface area (Å²) in [6, 6.07) is 13.3. The quantitative estimate of drug-likeness (QED) is 0.452.